The van der Waals surface area contributed by atoms with Crippen molar-refractivity contribution in [3.8, 4) is 5.75 Å². The Labute approximate surface area is 226 Å². The third-order valence-corrected chi connectivity index (χ3v) is 7.61. The van der Waals surface area contributed by atoms with E-state index in [1.807, 2.05) is 26.0 Å². The number of hydrogen-bond acceptors (Lipinski definition) is 5. The standard InChI is InChI=1S/C27H38ClN3O5S/c1-19(2)17-29-27(33)21(4)30(18-22-12-14-23(36-5)15-13-22)26(32)11-8-16-31(37(6,34)35)25-10-7-9-24(28)20(25)3/h7,9-10,12-15,19,21H,8,11,16-18H2,1-6H3,(H,29,33)/t21-/m1/s1. The third kappa shape index (κ3) is 8.93. The average Bonchev–Trinajstić information content (AvgIpc) is 2.84. The molecule has 10 heteroatoms. The highest BCUT2D eigenvalue weighted by Crippen LogP contribution is 2.28. The minimum Gasteiger partial charge on any atom is -0.497 e. The molecule has 0 saturated heterocycles. The van der Waals surface area contributed by atoms with Gasteiger partial charge in [0.05, 0.1) is 19.1 Å². The van der Waals surface area contributed by atoms with E-state index >= 15 is 0 Å². The van der Waals surface area contributed by atoms with E-state index in [0.29, 0.717) is 28.6 Å². The first-order chi connectivity index (χ1) is 17.3. The molecule has 0 radical (unpaired) electrons. The molecule has 0 unspecified atom stereocenters. The lowest BCUT2D eigenvalue weighted by atomic mass is 10.1. The van der Waals surface area contributed by atoms with Gasteiger partial charge in [-0.3, -0.25) is 13.9 Å². The minimum atomic E-state index is -3.60. The van der Waals surface area contributed by atoms with E-state index in [1.54, 1.807) is 51.3 Å². The molecule has 0 bridgehead atoms. The molecule has 0 fully saturated rings. The zero-order chi connectivity index (χ0) is 27.8. The molecule has 37 heavy (non-hydrogen) atoms. The average molecular weight is 552 g/mol. The molecule has 2 rings (SSSR count). The van der Waals surface area contributed by atoms with E-state index in [2.05, 4.69) is 5.32 Å². The first-order valence-corrected chi connectivity index (χ1v) is 14.5. The van der Waals surface area contributed by atoms with Crippen molar-refractivity contribution in [2.75, 3.05) is 30.8 Å². The smallest absolute Gasteiger partial charge is 0.242 e. The van der Waals surface area contributed by atoms with Gasteiger partial charge in [0.25, 0.3) is 0 Å². The number of amides is 2. The summed E-state index contributed by atoms with van der Waals surface area (Å²) in [5, 5.41) is 3.36. The molecule has 0 saturated carbocycles. The van der Waals surface area contributed by atoms with Crippen LogP contribution in [0.5, 0.6) is 5.75 Å². The molecule has 1 N–H and O–H groups in total. The molecule has 0 aliphatic carbocycles. The maximum absolute atomic E-state index is 13.4. The number of carbonyl (C=O) groups excluding carboxylic acids is 2. The van der Waals surface area contributed by atoms with Gasteiger partial charge in [-0.2, -0.15) is 0 Å². The molecule has 0 heterocycles. The zero-order valence-corrected chi connectivity index (χ0v) is 24.0. The molecule has 2 aromatic rings. The summed E-state index contributed by atoms with van der Waals surface area (Å²) in [6.45, 7) is 8.32. The van der Waals surface area contributed by atoms with Gasteiger partial charge in [0, 0.05) is 31.1 Å². The molecule has 0 aliphatic heterocycles. The summed E-state index contributed by atoms with van der Waals surface area (Å²) in [6.07, 6.45) is 1.48. The Hall–Kier alpha value is -2.78. The lowest BCUT2D eigenvalue weighted by molar-refractivity contribution is -0.140. The van der Waals surface area contributed by atoms with Crippen LogP contribution >= 0.6 is 11.6 Å². The molecule has 1 atom stereocenters. The Kier molecular flexibility index (Phi) is 11.3. The van der Waals surface area contributed by atoms with Crippen molar-refractivity contribution in [2.45, 2.75) is 53.1 Å². The number of methoxy groups -OCH3 is 1. The Balaban J connectivity index is 2.20. The monoisotopic (exact) mass is 551 g/mol. The maximum Gasteiger partial charge on any atom is 0.242 e. The van der Waals surface area contributed by atoms with Crippen LogP contribution in [0.3, 0.4) is 0 Å². The van der Waals surface area contributed by atoms with Crippen molar-refractivity contribution in [3.63, 3.8) is 0 Å². The van der Waals surface area contributed by atoms with Gasteiger partial charge in [0.1, 0.15) is 11.8 Å². The van der Waals surface area contributed by atoms with E-state index in [-0.39, 0.29) is 43.7 Å². The quantitative estimate of drug-likeness (QED) is 0.398. The van der Waals surface area contributed by atoms with Gasteiger partial charge in [-0.05, 0) is 61.6 Å². The predicted molar refractivity (Wildman–Crippen MR) is 148 cm³/mol. The molecule has 204 valence electrons. The Morgan fingerprint density at radius 3 is 2.30 bits per heavy atom. The van der Waals surface area contributed by atoms with Crippen LogP contribution in [-0.4, -0.2) is 57.6 Å². The van der Waals surface area contributed by atoms with Gasteiger partial charge in [0.15, 0.2) is 0 Å². The summed E-state index contributed by atoms with van der Waals surface area (Å²) in [4.78, 5) is 27.7. The van der Waals surface area contributed by atoms with Crippen LogP contribution in [0.1, 0.15) is 44.7 Å². The van der Waals surface area contributed by atoms with Crippen LogP contribution in [0, 0.1) is 12.8 Å². The number of rotatable bonds is 13. The summed E-state index contributed by atoms with van der Waals surface area (Å²) in [6, 6.07) is 11.7. The molecular formula is C27H38ClN3O5S. The van der Waals surface area contributed by atoms with Crippen LogP contribution in [-0.2, 0) is 26.2 Å². The van der Waals surface area contributed by atoms with E-state index in [0.717, 1.165) is 11.8 Å². The number of halogens is 1. The summed E-state index contributed by atoms with van der Waals surface area (Å²) in [7, 11) is -2.02. The highest BCUT2D eigenvalue weighted by molar-refractivity contribution is 7.92. The number of sulfonamides is 1. The molecule has 0 spiro atoms. The number of hydrogen-bond donors (Lipinski definition) is 1. The number of benzene rings is 2. The zero-order valence-electron chi connectivity index (χ0n) is 22.5. The van der Waals surface area contributed by atoms with E-state index in [4.69, 9.17) is 16.3 Å². The van der Waals surface area contributed by atoms with Crippen LogP contribution < -0.4 is 14.4 Å². The Morgan fingerprint density at radius 1 is 1.08 bits per heavy atom. The molecule has 2 aromatic carbocycles. The van der Waals surface area contributed by atoms with Gasteiger partial charge in [0.2, 0.25) is 21.8 Å². The SMILES string of the molecule is COc1ccc(CN(C(=O)CCCN(c2cccc(Cl)c2C)S(C)(=O)=O)[C@H](C)C(=O)NCC(C)C)cc1. The fourth-order valence-corrected chi connectivity index (χ4v) is 5.00. The first kappa shape index (κ1) is 30.4. The van der Waals surface area contributed by atoms with Crippen molar-refractivity contribution >= 4 is 39.1 Å². The largest absolute Gasteiger partial charge is 0.497 e. The van der Waals surface area contributed by atoms with Crippen molar-refractivity contribution in [3.05, 3.63) is 58.6 Å². The fourth-order valence-electron chi connectivity index (χ4n) is 3.81. The third-order valence-electron chi connectivity index (χ3n) is 6.02. The summed E-state index contributed by atoms with van der Waals surface area (Å²) in [5.74, 6) is 0.502. The van der Waals surface area contributed by atoms with Crippen LogP contribution in [0.2, 0.25) is 5.02 Å². The van der Waals surface area contributed by atoms with Crippen LogP contribution in [0.15, 0.2) is 42.5 Å². The summed E-state index contributed by atoms with van der Waals surface area (Å²) in [5.41, 5.74) is 1.99. The normalized spacial score (nSPS) is 12.2. The Morgan fingerprint density at radius 2 is 1.73 bits per heavy atom. The van der Waals surface area contributed by atoms with Crippen molar-refractivity contribution in [1.29, 1.82) is 0 Å². The number of ether oxygens (including phenoxy) is 1. The van der Waals surface area contributed by atoms with Gasteiger partial charge in [-0.15, -0.1) is 0 Å². The van der Waals surface area contributed by atoms with Gasteiger partial charge in [-0.25, -0.2) is 8.42 Å². The topological polar surface area (TPSA) is 96.0 Å². The highest BCUT2D eigenvalue weighted by atomic mass is 35.5. The maximum atomic E-state index is 13.4. The van der Waals surface area contributed by atoms with Gasteiger partial charge >= 0.3 is 0 Å². The first-order valence-electron chi connectivity index (χ1n) is 12.3. The van der Waals surface area contributed by atoms with Gasteiger partial charge < -0.3 is 15.0 Å². The second kappa shape index (κ2) is 13.7. The highest BCUT2D eigenvalue weighted by Gasteiger charge is 2.27. The minimum absolute atomic E-state index is 0.0730. The number of nitrogens with one attached hydrogen (secondary N) is 1. The second-order valence-electron chi connectivity index (χ2n) is 9.51. The summed E-state index contributed by atoms with van der Waals surface area (Å²) >= 11 is 6.21. The van der Waals surface area contributed by atoms with E-state index in [9.17, 15) is 18.0 Å². The van der Waals surface area contributed by atoms with E-state index < -0.39 is 16.1 Å². The summed E-state index contributed by atoms with van der Waals surface area (Å²) < 4.78 is 31.6. The molecular weight excluding hydrogens is 514 g/mol. The second-order valence-corrected chi connectivity index (χ2v) is 11.8. The van der Waals surface area contributed by atoms with Crippen molar-refractivity contribution in [2.24, 2.45) is 5.92 Å². The van der Waals surface area contributed by atoms with Crippen molar-refractivity contribution < 1.29 is 22.7 Å². The molecule has 0 aliphatic rings. The molecule has 2 amide bonds. The molecule has 0 aromatic heterocycles. The van der Waals surface area contributed by atoms with Crippen LogP contribution in [0.4, 0.5) is 5.69 Å². The molecule has 8 nitrogen and oxygen atoms in total. The number of carbonyl (C=O) groups is 2. The number of anilines is 1. The lowest BCUT2D eigenvalue weighted by Crippen LogP contribution is -2.48. The number of nitrogens with zero attached hydrogens (tertiary/aromatic N) is 2. The predicted octanol–water partition coefficient (Wildman–Crippen LogP) is 4.39. The van der Waals surface area contributed by atoms with Crippen LogP contribution in [0.25, 0.3) is 0 Å². The Bertz CT molecular complexity index is 1170. The lowest BCUT2D eigenvalue weighted by Gasteiger charge is -2.30. The fraction of sp³-hybridized carbons (Fsp3) is 0.481. The van der Waals surface area contributed by atoms with E-state index in [1.165, 1.54) is 9.21 Å². The van der Waals surface area contributed by atoms with Gasteiger partial charge in [-0.1, -0.05) is 43.6 Å². The van der Waals surface area contributed by atoms with Crippen molar-refractivity contribution in [1.82, 2.24) is 10.2 Å².